The van der Waals surface area contributed by atoms with Crippen LogP contribution in [0.25, 0.3) is 0 Å². The van der Waals surface area contributed by atoms with E-state index in [-0.39, 0.29) is 30.9 Å². The van der Waals surface area contributed by atoms with Gasteiger partial charge in [-0.15, -0.1) is 0 Å². The molecular formula is C22H32Cl2N2O. The molecule has 1 heterocycles. The summed E-state index contributed by atoms with van der Waals surface area (Å²) < 4.78 is 5.76. The maximum atomic E-state index is 5.76. The second-order valence-corrected chi connectivity index (χ2v) is 7.34. The first-order valence-electron chi connectivity index (χ1n) is 9.56. The minimum absolute atomic E-state index is 0. The number of quaternary nitrogens is 2. The molecule has 0 spiro atoms. The Bertz CT molecular complexity index is 619. The Balaban J connectivity index is 0.00000182. The fourth-order valence-corrected chi connectivity index (χ4v) is 4.00. The number of hydrogen-bond acceptors (Lipinski definition) is 1. The van der Waals surface area contributed by atoms with Gasteiger partial charge in [0.25, 0.3) is 0 Å². The third-order valence-corrected chi connectivity index (χ3v) is 5.61. The first-order chi connectivity index (χ1) is 12.3. The second kappa shape index (κ2) is 12.4. The zero-order valence-corrected chi connectivity index (χ0v) is 17.8. The molecular weight excluding hydrogens is 379 g/mol. The van der Waals surface area contributed by atoms with Crippen LogP contribution in [-0.4, -0.2) is 45.9 Å². The third-order valence-electron chi connectivity index (χ3n) is 5.61. The number of nitrogens with one attached hydrogen (secondary N) is 2. The largest absolute Gasteiger partial charge is 1.00 e. The molecule has 2 aromatic carbocycles. The molecule has 2 unspecified atom stereocenters. The maximum Gasteiger partial charge on any atom is 0.131 e. The first-order valence-corrected chi connectivity index (χ1v) is 9.56. The number of methoxy groups -OCH3 is 1. The number of piperazine rings is 1. The van der Waals surface area contributed by atoms with Crippen LogP contribution in [0.1, 0.15) is 24.2 Å². The molecule has 1 aliphatic heterocycles. The van der Waals surface area contributed by atoms with Crippen LogP contribution in [-0.2, 0) is 11.2 Å². The van der Waals surface area contributed by atoms with Crippen molar-refractivity contribution in [3.05, 3.63) is 71.8 Å². The molecule has 0 radical (unpaired) electrons. The molecule has 2 atom stereocenters. The van der Waals surface area contributed by atoms with Crippen LogP contribution in [0.5, 0.6) is 0 Å². The van der Waals surface area contributed by atoms with Crippen LogP contribution >= 0.6 is 0 Å². The van der Waals surface area contributed by atoms with E-state index in [1.807, 2.05) is 7.11 Å². The molecule has 2 N–H and O–H groups in total. The average molecular weight is 411 g/mol. The van der Waals surface area contributed by atoms with Crippen LogP contribution in [0.4, 0.5) is 0 Å². The van der Waals surface area contributed by atoms with Gasteiger partial charge in [0.1, 0.15) is 38.8 Å². The van der Waals surface area contributed by atoms with E-state index in [1.165, 1.54) is 43.7 Å². The van der Waals surface area contributed by atoms with Gasteiger partial charge in [0, 0.05) is 13.5 Å². The number of ether oxygens (including phenoxy) is 1. The summed E-state index contributed by atoms with van der Waals surface area (Å²) in [5, 5.41) is 0. The highest BCUT2D eigenvalue weighted by molar-refractivity contribution is 5.17. The van der Waals surface area contributed by atoms with E-state index in [4.69, 9.17) is 4.74 Å². The molecule has 5 heteroatoms. The minimum Gasteiger partial charge on any atom is -1.00 e. The lowest BCUT2D eigenvalue weighted by molar-refractivity contribution is -1.02. The summed E-state index contributed by atoms with van der Waals surface area (Å²) in [5.41, 5.74) is 2.76. The van der Waals surface area contributed by atoms with E-state index in [1.54, 1.807) is 9.80 Å². The lowest BCUT2D eigenvalue weighted by atomic mass is 10.0. The molecule has 0 aliphatic carbocycles. The quantitative estimate of drug-likeness (QED) is 0.466. The summed E-state index contributed by atoms with van der Waals surface area (Å²) in [7, 11) is 1.83. The van der Waals surface area contributed by atoms with Crippen molar-refractivity contribution in [2.24, 2.45) is 0 Å². The summed E-state index contributed by atoms with van der Waals surface area (Å²) in [6, 6.07) is 22.2. The van der Waals surface area contributed by atoms with Gasteiger partial charge in [-0.05, 0) is 18.1 Å². The monoisotopic (exact) mass is 410 g/mol. The van der Waals surface area contributed by atoms with Gasteiger partial charge in [0.15, 0.2) is 0 Å². The molecule has 1 fully saturated rings. The van der Waals surface area contributed by atoms with E-state index in [0.717, 1.165) is 6.54 Å². The van der Waals surface area contributed by atoms with E-state index < -0.39 is 0 Å². The topological polar surface area (TPSA) is 18.1 Å². The molecule has 0 amide bonds. The van der Waals surface area contributed by atoms with E-state index in [2.05, 4.69) is 67.6 Å². The van der Waals surface area contributed by atoms with Gasteiger partial charge >= 0.3 is 0 Å². The lowest BCUT2D eigenvalue weighted by Crippen LogP contribution is -3.29. The van der Waals surface area contributed by atoms with E-state index in [9.17, 15) is 0 Å². The van der Waals surface area contributed by atoms with Gasteiger partial charge in [-0.2, -0.15) is 0 Å². The minimum atomic E-state index is 0. The Kier molecular flexibility index (Phi) is 11.0. The Labute approximate surface area is 176 Å². The van der Waals surface area contributed by atoms with Crippen molar-refractivity contribution in [3.63, 3.8) is 0 Å². The Hall–Kier alpha value is -1.10. The van der Waals surface area contributed by atoms with Crippen molar-refractivity contribution in [2.45, 2.75) is 25.5 Å². The number of hydrogen-bond donors (Lipinski definition) is 2. The Morgan fingerprint density at radius 1 is 0.852 bits per heavy atom. The first kappa shape index (κ1) is 23.9. The van der Waals surface area contributed by atoms with Gasteiger partial charge in [0.2, 0.25) is 0 Å². The predicted octanol–water partition coefficient (Wildman–Crippen LogP) is -5.20. The summed E-state index contributed by atoms with van der Waals surface area (Å²) in [6.45, 7) is 8.46. The summed E-state index contributed by atoms with van der Waals surface area (Å²) in [4.78, 5) is 3.42. The van der Waals surface area contributed by atoms with E-state index >= 15 is 0 Å². The molecule has 0 bridgehead atoms. The van der Waals surface area contributed by atoms with Gasteiger partial charge in [-0.25, -0.2) is 0 Å². The number of halogens is 2. The van der Waals surface area contributed by atoms with E-state index in [0.29, 0.717) is 6.04 Å². The highest BCUT2D eigenvalue weighted by Gasteiger charge is 2.29. The van der Waals surface area contributed by atoms with Gasteiger partial charge < -0.3 is 39.4 Å². The molecule has 3 rings (SSSR count). The number of benzene rings is 2. The summed E-state index contributed by atoms with van der Waals surface area (Å²) in [5.74, 6) is 0. The number of rotatable bonds is 7. The van der Waals surface area contributed by atoms with Gasteiger partial charge in [0.05, 0.1) is 6.04 Å². The van der Waals surface area contributed by atoms with Crippen molar-refractivity contribution in [1.82, 2.24) is 0 Å². The highest BCUT2D eigenvalue weighted by Crippen LogP contribution is 2.13. The maximum absolute atomic E-state index is 5.76. The smallest absolute Gasteiger partial charge is 0.131 e. The van der Waals surface area contributed by atoms with Crippen LogP contribution in [0.3, 0.4) is 0 Å². The van der Waals surface area contributed by atoms with Crippen LogP contribution in [0.2, 0.25) is 0 Å². The predicted molar refractivity (Wildman–Crippen MR) is 102 cm³/mol. The molecule has 3 nitrogen and oxygen atoms in total. The fourth-order valence-electron chi connectivity index (χ4n) is 4.00. The molecule has 0 aromatic heterocycles. The molecule has 27 heavy (non-hydrogen) atoms. The molecule has 0 saturated carbocycles. The third kappa shape index (κ3) is 7.10. The van der Waals surface area contributed by atoms with Crippen LogP contribution in [0.15, 0.2) is 60.7 Å². The summed E-state index contributed by atoms with van der Waals surface area (Å²) >= 11 is 0. The van der Waals surface area contributed by atoms with Crippen molar-refractivity contribution in [3.8, 4) is 0 Å². The molecule has 2 aromatic rings. The Morgan fingerprint density at radius 2 is 1.41 bits per heavy atom. The average Bonchev–Trinajstić information content (AvgIpc) is 2.68. The summed E-state index contributed by atoms with van der Waals surface area (Å²) in [6.07, 6.45) is 1.38. The van der Waals surface area contributed by atoms with Crippen molar-refractivity contribution in [2.75, 3.05) is 39.8 Å². The molecule has 150 valence electrons. The van der Waals surface area contributed by atoms with Crippen molar-refractivity contribution in [1.29, 1.82) is 0 Å². The Morgan fingerprint density at radius 3 is 1.96 bits per heavy atom. The van der Waals surface area contributed by atoms with Gasteiger partial charge in [-0.3, -0.25) is 0 Å². The zero-order chi connectivity index (χ0) is 17.5. The lowest BCUT2D eigenvalue weighted by Gasteiger charge is -2.34. The molecule has 1 aliphatic rings. The zero-order valence-electron chi connectivity index (χ0n) is 16.3. The SMILES string of the molecule is COC(C[NH+]1CC[NH+](C(C)Cc2ccccc2)CC1)c1ccccc1.[Cl-].[Cl-]. The standard InChI is InChI=1S/C22H30N2O.2ClH/c1-19(17-20-9-5-3-6-10-20)24-15-13-23(14-16-24)18-22(25-2)21-11-7-4-8-12-21;;/h3-12,19,22H,13-18H2,1-2H3;2*1H. The van der Waals surface area contributed by atoms with Crippen molar-refractivity contribution < 1.29 is 39.4 Å². The molecule has 1 saturated heterocycles. The van der Waals surface area contributed by atoms with Crippen molar-refractivity contribution >= 4 is 0 Å². The van der Waals surface area contributed by atoms with Crippen LogP contribution in [0, 0.1) is 0 Å². The fraction of sp³-hybridized carbons (Fsp3) is 0.455. The van der Waals surface area contributed by atoms with Crippen LogP contribution < -0.4 is 34.6 Å². The normalized spacial score (nSPS) is 21.4. The highest BCUT2D eigenvalue weighted by atomic mass is 35.5. The second-order valence-electron chi connectivity index (χ2n) is 7.34. The van der Waals surface area contributed by atoms with Gasteiger partial charge in [-0.1, -0.05) is 60.7 Å².